The molecule has 0 aromatic heterocycles. The molecular formula is C24H37N5OS. The second-order valence-corrected chi connectivity index (χ2v) is 10.0. The smallest absolute Gasteiger partial charge is 0.166 e. The Labute approximate surface area is 192 Å². The van der Waals surface area contributed by atoms with E-state index < -0.39 is 0 Å². The SMILES string of the molecule is S=C(NCCN1CCOCC1)NC[C@H]1C[C@@H]2CCN1C[C@H]2CN1CCc2ccccc21. The number of benzene rings is 1. The van der Waals surface area contributed by atoms with Crippen LogP contribution < -0.4 is 15.5 Å². The molecule has 170 valence electrons. The first-order valence-electron chi connectivity index (χ1n) is 12.1. The summed E-state index contributed by atoms with van der Waals surface area (Å²) < 4.78 is 5.41. The van der Waals surface area contributed by atoms with Gasteiger partial charge in [0, 0.05) is 64.1 Å². The predicted molar refractivity (Wildman–Crippen MR) is 130 cm³/mol. The molecule has 0 radical (unpaired) electrons. The molecule has 4 fully saturated rings. The van der Waals surface area contributed by atoms with Crippen molar-refractivity contribution >= 4 is 23.0 Å². The molecule has 4 atom stereocenters. The molecule has 2 bridgehead atoms. The van der Waals surface area contributed by atoms with E-state index in [9.17, 15) is 0 Å². The molecular weight excluding hydrogens is 406 g/mol. The quantitative estimate of drug-likeness (QED) is 0.620. The van der Waals surface area contributed by atoms with Crippen LogP contribution in [0.2, 0.25) is 0 Å². The number of morpholine rings is 1. The van der Waals surface area contributed by atoms with Gasteiger partial charge >= 0.3 is 0 Å². The molecule has 1 aromatic carbocycles. The highest BCUT2D eigenvalue weighted by atomic mass is 32.1. The number of piperidine rings is 3. The molecule has 5 heterocycles. The number of hydrogen-bond donors (Lipinski definition) is 2. The maximum absolute atomic E-state index is 5.54. The van der Waals surface area contributed by atoms with Gasteiger partial charge in [-0.1, -0.05) is 18.2 Å². The molecule has 1 aromatic rings. The van der Waals surface area contributed by atoms with Gasteiger partial charge in [0.05, 0.1) is 13.2 Å². The van der Waals surface area contributed by atoms with Gasteiger partial charge in [-0.05, 0) is 61.5 Å². The van der Waals surface area contributed by atoms with Crippen LogP contribution in [0, 0.1) is 11.8 Å². The van der Waals surface area contributed by atoms with Gasteiger partial charge in [-0.2, -0.15) is 0 Å². The summed E-state index contributed by atoms with van der Waals surface area (Å²) in [6.07, 6.45) is 3.88. The van der Waals surface area contributed by atoms with Crippen LogP contribution in [0.4, 0.5) is 5.69 Å². The van der Waals surface area contributed by atoms with E-state index >= 15 is 0 Å². The number of rotatable bonds is 7. The van der Waals surface area contributed by atoms with Gasteiger partial charge in [-0.3, -0.25) is 9.80 Å². The van der Waals surface area contributed by atoms with Crippen LogP contribution in [0.1, 0.15) is 18.4 Å². The minimum Gasteiger partial charge on any atom is -0.379 e. The van der Waals surface area contributed by atoms with Crippen LogP contribution in [0.25, 0.3) is 0 Å². The minimum atomic E-state index is 0.625. The molecule has 31 heavy (non-hydrogen) atoms. The van der Waals surface area contributed by atoms with Gasteiger partial charge < -0.3 is 20.3 Å². The normalized spacial score (nSPS) is 30.3. The van der Waals surface area contributed by atoms with Crippen LogP contribution in [-0.2, 0) is 11.2 Å². The average Bonchev–Trinajstić information content (AvgIpc) is 3.22. The summed E-state index contributed by atoms with van der Waals surface area (Å²) in [6.45, 7) is 11.6. The maximum Gasteiger partial charge on any atom is 0.166 e. The number of fused-ring (bicyclic) bond motifs is 4. The van der Waals surface area contributed by atoms with E-state index in [1.54, 1.807) is 0 Å². The van der Waals surface area contributed by atoms with Gasteiger partial charge in [0.25, 0.3) is 0 Å². The molecule has 0 spiro atoms. The number of thiocarbonyl (C=S) groups is 1. The first kappa shape index (κ1) is 21.4. The van der Waals surface area contributed by atoms with Crippen LogP contribution in [0.5, 0.6) is 0 Å². The zero-order chi connectivity index (χ0) is 21.0. The van der Waals surface area contributed by atoms with Crippen LogP contribution in [-0.4, -0.2) is 93.1 Å². The standard InChI is InChI=1S/C24H37N5OS/c31-24(25-7-10-27-11-13-30-14-12-27)26-16-22-15-20-6-8-28(22)17-21(20)18-29-9-5-19-3-1-2-4-23(19)29/h1-4,20-22H,5-18H2,(H2,25,26,31)/t20-,21-,22+/m0/s1. The zero-order valence-corrected chi connectivity index (χ0v) is 19.4. The van der Waals surface area contributed by atoms with Crippen molar-refractivity contribution in [3.63, 3.8) is 0 Å². The van der Waals surface area contributed by atoms with Crippen molar-refractivity contribution in [2.24, 2.45) is 11.8 Å². The predicted octanol–water partition coefficient (Wildman–Crippen LogP) is 1.56. The summed E-state index contributed by atoms with van der Waals surface area (Å²) in [5.74, 6) is 1.65. The Morgan fingerprint density at radius 1 is 1.10 bits per heavy atom. The number of para-hydroxylation sites is 1. The highest BCUT2D eigenvalue weighted by Crippen LogP contribution is 2.38. The molecule has 5 aliphatic rings. The minimum absolute atomic E-state index is 0.625. The molecule has 0 saturated carbocycles. The van der Waals surface area contributed by atoms with E-state index in [2.05, 4.69) is 49.6 Å². The summed E-state index contributed by atoms with van der Waals surface area (Å²) in [4.78, 5) is 7.79. The van der Waals surface area contributed by atoms with Gasteiger partial charge in [-0.25, -0.2) is 0 Å². The largest absolute Gasteiger partial charge is 0.379 e. The van der Waals surface area contributed by atoms with Crippen molar-refractivity contribution in [3.05, 3.63) is 29.8 Å². The lowest BCUT2D eigenvalue weighted by Gasteiger charge is -2.51. The third-order valence-corrected chi connectivity index (χ3v) is 8.06. The number of ether oxygens (including phenoxy) is 1. The second kappa shape index (κ2) is 10.0. The molecule has 7 heteroatoms. The summed E-state index contributed by atoms with van der Waals surface area (Å²) in [6, 6.07) is 9.60. The topological polar surface area (TPSA) is 43.0 Å². The van der Waals surface area contributed by atoms with E-state index in [0.717, 1.165) is 62.9 Å². The fourth-order valence-corrected chi connectivity index (χ4v) is 6.16. The molecule has 6 rings (SSSR count). The van der Waals surface area contributed by atoms with Gasteiger partial charge in [0.1, 0.15) is 0 Å². The fourth-order valence-electron chi connectivity index (χ4n) is 5.97. The lowest BCUT2D eigenvalue weighted by molar-refractivity contribution is 0.00637. The Balaban J connectivity index is 1.04. The van der Waals surface area contributed by atoms with E-state index in [-0.39, 0.29) is 0 Å². The molecule has 2 N–H and O–H groups in total. The van der Waals surface area contributed by atoms with Crippen LogP contribution >= 0.6 is 12.2 Å². The van der Waals surface area contributed by atoms with Crippen molar-refractivity contribution in [2.75, 3.05) is 77.0 Å². The van der Waals surface area contributed by atoms with E-state index in [4.69, 9.17) is 17.0 Å². The lowest BCUT2D eigenvalue weighted by Crippen LogP contribution is -2.59. The molecule has 0 aliphatic carbocycles. The average molecular weight is 444 g/mol. The third-order valence-electron chi connectivity index (χ3n) is 7.77. The first-order chi connectivity index (χ1) is 15.3. The molecule has 0 amide bonds. The monoisotopic (exact) mass is 443 g/mol. The van der Waals surface area contributed by atoms with Gasteiger partial charge in [-0.15, -0.1) is 0 Å². The maximum atomic E-state index is 5.54. The summed E-state index contributed by atoms with van der Waals surface area (Å²) in [7, 11) is 0. The van der Waals surface area contributed by atoms with Crippen molar-refractivity contribution in [1.29, 1.82) is 0 Å². The van der Waals surface area contributed by atoms with Crippen LogP contribution in [0.15, 0.2) is 24.3 Å². The first-order valence-corrected chi connectivity index (χ1v) is 12.6. The highest BCUT2D eigenvalue weighted by Gasteiger charge is 2.40. The Morgan fingerprint density at radius 3 is 2.81 bits per heavy atom. The summed E-state index contributed by atoms with van der Waals surface area (Å²) in [5.41, 5.74) is 3.01. The zero-order valence-electron chi connectivity index (χ0n) is 18.6. The second-order valence-electron chi connectivity index (χ2n) is 9.61. The Bertz CT molecular complexity index is 755. The van der Waals surface area contributed by atoms with Crippen LogP contribution in [0.3, 0.4) is 0 Å². The Morgan fingerprint density at radius 2 is 1.97 bits per heavy atom. The number of anilines is 1. The van der Waals surface area contributed by atoms with Gasteiger partial charge in [0.15, 0.2) is 5.11 Å². The summed E-state index contributed by atoms with van der Waals surface area (Å²) >= 11 is 5.54. The number of hydrogen-bond acceptors (Lipinski definition) is 5. The molecule has 1 unspecified atom stereocenters. The fraction of sp³-hybridized carbons (Fsp3) is 0.708. The van der Waals surface area contributed by atoms with Crippen molar-refractivity contribution in [3.8, 4) is 0 Å². The molecule has 4 saturated heterocycles. The third kappa shape index (κ3) is 5.16. The van der Waals surface area contributed by atoms with Crippen molar-refractivity contribution in [2.45, 2.75) is 25.3 Å². The van der Waals surface area contributed by atoms with E-state index in [1.807, 2.05) is 0 Å². The van der Waals surface area contributed by atoms with Crippen molar-refractivity contribution in [1.82, 2.24) is 20.4 Å². The Kier molecular flexibility index (Phi) is 6.93. The summed E-state index contributed by atoms with van der Waals surface area (Å²) in [5, 5.41) is 7.70. The molecule has 6 nitrogen and oxygen atoms in total. The van der Waals surface area contributed by atoms with E-state index in [0.29, 0.717) is 6.04 Å². The highest BCUT2D eigenvalue weighted by molar-refractivity contribution is 7.80. The molecule has 5 aliphatic heterocycles. The number of nitrogens with one attached hydrogen (secondary N) is 2. The number of nitrogens with zero attached hydrogens (tertiary/aromatic N) is 3. The van der Waals surface area contributed by atoms with Crippen molar-refractivity contribution < 1.29 is 4.74 Å². The van der Waals surface area contributed by atoms with E-state index in [1.165, 1.54) is 56.7 Å². The van der Waals surface area contributed by atoms with Gasteiger partial charge in [0.2, 0.25) is 0 Å². The lowest BCUT2D eigenvalue weighted by atomic mass is 9.75. The Hall–Kier alpha value is -1.41.